The van der Waals surface area contributed by atoms with E-state index in [9.17, 15) is 9.18 Å². The van der Waals surface area contributed by atoms with Gasteiger partial charge in [0, 0.05) is 11.7 Å². The molecule has 0 bridgehead atoms. The fraction of sp³-hybridized carbons (Fsp3) is 0.381. The van der Waals surface area contributed by atoms with Crippen molar-refractivity contribution in [1.82, 2.24) is 5.32 Å². The number of ether oxygens (including phenoxy) is 2. The lowest BCUT2D eigenvalue weighted by atomic mass is 10.1. The maximum atomic E-state index is 13.0. The second-order valence-corrected chi connectivity index (χ2v) is 6.18. The van der Waals surface area contributed by atoms with Crippen LogP contribution in [0.15, 0.2) is 42.5 Å². The van der Waals surface area contributed by atoms with Crippen LogP contribution in [0.3, 0.4) is 0 Å². The third-order valence-corrected chi connectivity index (χ3v) is 4.07. The van der Waals surface area contributed by atoms with E-state index in [1.807, 2.05) is 39.0 Å². The van der Waals surface area contributed by atoms with Gasteiger partial charge in [0.1, 0.15) is 5.82 Å². The van der Waals surface area contributed by atoms with E-state index < -0.39 is 6.04 Å². The zero-order valence-corrected chi connectivity index (χ0v) is 16.2. The van der Waals surface area contributed by atoms with E-state index in [0.29, 0.717) is 30.4 Å². The number of benzene rings is 2. The third-order valence-electron chi connectivity index (χ3n) is 4.07. The summed E-state index contributed by atoms with van der Waals surface area (Å²) in [5.74, 6) is 0.865. The molecule has 0 fully saturated rings. The van der Waals surface area contributed by atoms with Crippen LogP contribution in [0.25, 0.3) is 0 Å². The van der Waals surface area contributed by atoms with Crippen LogP contribution >= 0.6 is 0 Å². The van der Waals surface area contributed by atoms with Crippen LogP contribution in [-0.4, -0.2) is 25.2 Å². The van der Waals surface area contributed by atoms with Gasteiger partial charge >= 0.3 is 0 Å². The van der Waals surface area contributed by atoms with Gasteiger partial charge < -0.3 is 14.8 Å². The smallest absolute Gasteiger partial charge is 0.241 e. The minimum atomic E-state index is -0.438. The Hall–Kier alpha value is -2.60. The number of rotatable bonds is 9. The molecule has 0 spiro atoms. The molecule has 6 heteroatoms. The van der Waals surface area contributed by atoms with E-state index in [4.69, 9.17) is 9.47 Å². The molecule has 27 heavy (non-hydrogen) atoms. The molecule has 0 aromatic heterocycles. The summed E-state index contributed by atoms with van der Waals surface area (Å²) in [7, 11) is 0. The topological polar surface area (TPSA) is 59.6 Å². The highest BCUT2D eigenvalue weighted by Crippen LogP contribution is 2.30. The largest absolute Gasteiger partial charge is 0.490 e. The maximum Gasteiger partial charge on any atom is 0.241 e. The van der Waals surface area contributed by atoms with E-state index in [1.165, 1.54) is 24.3 Å². The van der Waals surface area contributed by atoms with Crippen LogP contribution in [-0.2, 0) is 4.79 Å². The molecular weight excluding hydrogens is 347 g/mol. The second kappa shape index (κ2) is 9.92. The summed E-state index contributed by atoms with van der Waals surface area (Å²) < 4.78 is 24.2. The summed E-state index contributed by atoms with van der Waals surface area (Å²) in [5.41, 5.74) is 1.55. The summed E-state index contributed by atoms with van der Waals surface area (Å²) in [5, 5.41) is 6.04. The molecule has 0 unspecified atom stereocenters. The summed E-state index contributed by atoms with van der Waals surface area (Å²) in [4.78, 5) is 12.4. The summed E-state index contributed by atoms with van der Waals surface area (Å²) >= 11 is 0. The first kappa shape index (κ1) is 20.7. The molecule has 2 atom stereocenters. The van der Waals surface area contributed by atoms with Gasteiger partial charge in [-0.3, -0.25) is 10.1 Å². The lowest BCUT2D eigenvalue weighted by molar-refractivity contribution is -0.117. The first-order valence-electron chi connectivity index (χ1n) is 9.16. The molecule has 0 saturated carbocycles. The summed E-state index contributed by atoms with van der Waals surface area (Å²) in [6.07, 6.45) is 0. The van der Waals surface area contributed by atoms with Crippen molar-refractivity contribution in [1.29, 1.82) is 0 Å². The molecule has 0 saturated heterocycles. The number of nitrogens with one attached hydrogen (secondary N) is 2. The highest BCUT2D eigenvalue weighted by atomic mass is 19.1. The number of anilines is 1. The monoisotopic (exact) mass is 374 g/mol. The minimum absolute atomic E-state index is 0.0751. The van der Waals surface area contributed by atoms with Gasteiger partial charge in [-0.05, 0) is 69.7 Å². The zero-order valence-electron chi connectivity index (χ0n) is 16.2. The SMILES string of the molecule is CCOc1ccc([C@H](C)N[C@@H](C)C(=O)Nc2ccc(F)cc2)cc1OCC. The third kappa shape index (κ3) is 5.96. The second-order valence-electron chi connectivity index (χ2n) is 6.18. The summed E-state index contributed by atoms with van der Waals surface area (Å²) in [6.45, 7) is 8.72. The van der Waals surface area contributed by atoms with Gasteiger partial charge in [0.2, 0.25) is 5.91 Å². The fourth-order valence-electron chi connectivity index (χ4n) is 2.67. The summed E-state index contributed by atoms with van der Waals surface area (Å²) in [6, 6.07) is 10.9. The van der Waals surface area contributed by atoms with Gasteiger partial charge in [0.15, 0.2) is 11.5 Å². The number of hydrogen-bond donors (Lipinski definition) is 2. The van der Waals surface area contributed by atoms with Crippen molar-refractivity contribution in [3.8, 4) is 11.5 Å². The van der Waals surface area contributed by atoms with E-state index in [-0.39, 0.29) is 17.8 Å². The van der Waals surface area contributed by atoms with Crippen LogP contribution in [0.4, 0.5) is 10.1 Å². The molecule has 0 heterocycles. The Morgan fingerprint density at radius 1 is 1.00 bits per heavy atom. The molecule has 2 aromatic carbocycles. The van der Waals surface area contributed by atoms with Crippen molar-refractivity contribution >= 4 is 11.6 Å². The Morgan fingerprint density at radius 2 is 1.63 bits per heavy atom. The Morgan fingerprint density at radius 3 is 2.26 bits per heavy atom. The van der Waals surface area contributed by atoms with Crippen molar-refractivity contribution in [3.05, 3.63) is 53.8 Å². The van der Waals surface area contributed by atoms with E-state index >= 15 is 0 Å². The first-order chi connectivity index (χ1) is 12.9. The van der Waals surface area contributed by atoms with Crippen molar-refractivity contribution in [2.75, 3.05) is 18.5 Å². The Bertz CT molecular complexity index is 750. The van der Waals surface area contributed by atoms with Gasteiger partial charge in [-0.2, -0.15) is 0 Å². The lowest BCUT2D eigenvalue weighted by Crippen LogP contribution is -2.39. The number of carbonyl (C=O) groups is 1. The fourth-order valence-corrected chi connectivity index (χ4v) is 2.67. The Kier molecular flexibility index (Phi) is 7.61. The van der Waals surface area contributed by atoms with Crippen LogP contribution < -0.4 is 20.1 Å². The predicted octanol–water partition coefficient (Wildman–Crippen LogP) is 4.30. The lowest BCUT2D eigenvalue weighted by Gasteiger charge is -2.21. The first-order valence-corrected chi connectivity index (χ1v) is 9.16. The molecule has 0 aliphatic heterocycles. The van der Waals surface area contributed by atoms with Crippen LogP contribution in [0.5, 0.6) is 11.5 Å². The molecule has 0 radical (unpaired) electrons. The molecule has 2 rings (SSSR count). The van der Waals surface area contributed by atoms with Gasteiger partial charge in [0.25, 0.3) is 0 Å². The van der Waals surface area contributed by atoms with E-state index in [1.54, 1.807) is 6.92 Å². The molecule has 0 aliphatic carbocycles. The van der Waals surface area contributed by atoms with E-state index in [0.717, 1.165) is 5.56 Å². The van der Waals surface area contributed by atoms with Crippen molar-refractivity contribution in [2.24, 2.45) is 0 Å². The number of amides is 1. The van der Waals surface area contributed by atoms with Crippen molar-refractivity contribution in [2.45, 2.75) is 39.8 Å². The Labute approximate surface area is 159 Å². The number of carbonyl (C=O) groups excluding carboxylic acids is 1. The van der Waals surface area contributed by atoms with Gasteiger partial charge in [-0.1, -0.05) is 6.07 Å². The number of hydrogen-bond acceptors (Lipinski definition) is 4. The van der Waals surface area contributed by atoms with Crippen molar-refractivity contribution < 1.29 is 18.7 Å². The average molecular weight is 374 g/mol. The average Bonchev–Trinajstić information content (AvgIpc) is 2.65. The van der Waals surface area contributed by atoms with E-state index in [2.05, 4.69) is 10.6 Å². The molecular formula is C21H27FN2O3. The molecule has 5 nitrogen and oxygen atoms in total. The van der Waals surface area contributed by atoms with Gasteiger partial charge in [-0.25, -0.2) is 4.39 Å². The van der Waals surface area contributed by atoms with Crippen LogP contribution in [0.1, 0.15) is 39.3 Å². The number of halogens is 1. The Balaban J connectivity index is 2.02. The molecule has 2 N–H and O–H groups in total. The van der Waals surface area contributed by atoms with Crippen LogP contribution in [0.2, 0.25) is 0 Å². The normalized spacial score (nSPS) is 12.9. The van der Waals surface area contributed by atoms with Gasteiger partial charge in [0.05, 0.1) is 19.3 Å². The minimum Gasteiger partial charge on any atom is -0.490 e. The van der Waals surface area contributed by atoms with Gasteiger partial charge in [-0.15, -0.1) is 0 Å². The molecule has 0 aliphatic rings. The quantitative estimate of drug-likeness (QED) is 0.687. The van der Waals surface area contributed by atoms with Crippen molar-refractivity contribution in [3.63, 3.8) is 0 Å². The standard InChI is InChI=1S/C21H27FN2O3/c1-5-26-19-12-7-16(13-20(19)27-6-2)14(3)23-15(4)21(25)24-18-10-8-17(22)9-11-18/h7-15,23H,5-6H2,1-4H3,(H,24,25)/t14-,15-/m0/s1. The molecule has 146 valence electrons. The molecule has 1 amide bonds. The molecule has 2 aromatic rings. The predicted molar refractivity (Wildman–Crippen MR) is 105 cm³/mol. The maximum absolute atomic E-state index is 13.0. The highest BCUT2D eigenvalue weighted by molar-refractivity contribution is 5.94. The zero-order chi connectivity index (χ0) is 19.8. The highest BCUT2D eigenvalue weighted by Gasteiger charge is 2.18. The van der Waals surface area contributed by atoms with Crippen LogP contribution in [0, 0.1) is 5.82 Å².